The maximum Gasteiger partial charge on any atom is 0.407 e. The summed E-state index contributed by atoms with van der Waals surface area (Å²) in [6, 6.07) is 0. The molecule has 0 aromatic carbocycles. The second-order valence-corrected chi connectivity index (χ2v) is 1.39. The van der Waals surface area contributed by atoms with Crippen LogP contribution < -0.4 is 0 Å². The second-order valence-electron chi connectivity index (χ2n) is 1.39. The van der Waals surface area contributed by atoms with Gasteiger partial charge in [-0.3, -0.25) is 0 Å². The first-order valence-corrected chi connectivity index (χ1v) is 2.18. The van der Waals surface area contributed by atoms with Crippen molar-refractivity contribution in [3.05, 3.63) is 0 Å². The Morgan fingerprint density at radius 1 is 1.88 bits per heavy atom. The fraction of sp³-hybridized carbons (Fsp3) is 0.750. The first-order chi connectivity index (χ1) is 3.68. The van der Waals surface area contributed by atoms with Crippen LogP contribution >= 0.6 is 0 Å². The van der Waals surface area contributed by atoms with Gasteiger partial charge in [0, 0.05) is 7.05 Å². The zero-order valence-electron chi connectivity index (χ0n) is 4.59. The summed E-state index contributed by atoms with van der Waals surface area (Å²) in [5.74, 6) is 0. The van der Waals surface area contributed by atoms with E-state index >= 15 is 0 Å². The molecular formula is C4H8FNO2. The number of nitrogens with zero attached hydrogens (tertiary/aromatic N) is 1. The van der Waals surface area contributed by atoms with Gasteiger partial charge in [-0.2, -0.15) is 0 Å². The molecule has 0 aromatic heterocycles. The first-order valence-electron chi connectivity index (χ1n) is 2.18. The molecule has 0 radical (unpaired) electrons. The lowest BCUT2D eigenvalue weighted by atomic mass is 10.6. The summed E-state index contributed by atoms with van der Waals surface area (Å²) in [6.45, 7) is -0.669. The lowest BCUT2D eigenvalue weighted by Gasteiger charge is -2.07. The Morgan fingerprint density at radius 2 is 2.38 bits per heavy atom. The molecule has 1 amide bonds. The zero-order valence-corrected chi connectivity index (χ0v) is 4.59. The van der Waals surface area contributed by atoms with E-state index in [-0.39, 0.29) is 6.54 Å². The summed E-state index contributed by atoms with van der Waals surface area (Å²) >= 11 is 0. The number of hydrogen-bond acceptors (Lipinski definition) is 1. The van der Waals surface area contributed by atoms with Crippen molar-refractivity contribution < 1.29 is 14.3 Å². The number of amides is 1. The smallest absolute Gasteiger partial charge is 0.407 e. The fourth-order valence-electron chi connectivity index (χ4n) is 0.222. The lowest BCUT2D eigenvalue weighted by molar-refractivity contribution is 0.152. The second kappa shape index (κ2) is 3.23. The van der Waals surface area contributed by atoms with Crippen LogP contribution in [-0.4, -0.2) is 36.4 Å². The maximum absolute atomic E-state index is 11.3. The molecule has 0 rings (SSSR count). The normalized spacial score (nSPS) is 8.75. The monoisotopic (exact) mass is 121 g/mol. The SMILES string of the molecule is CN(CCF)C(=O)O. The predicted octanol–water partition coefficient (Wildman–Crippen LogP) is 0.566. The lowest BCUT2D eigenvalue weighted by Crippen LogP contribution is -2.26. The quantitative estimate of drug-likeness (QED) is 0.580. The number of rotatable bonds is 2. The van der Waals surface area contributed by atoms with Crippen LogP contribution in [0.3, 0.4) is 0 Å². The molecule has 4 heteroatoms. The molecule has 0 unspecified atom stereocenters. The molecule has 0 spiro atoms. The number of carbonyl (C=O) groups is 1. The van der Waals surface area contributed by atoms with E-state index in [4.69, 9.17) is 5.11 Å². The van der Waals surface area contributed by atoms with E-state index in [2.05, 4.69) is 0 Å². The molecule has 48 valence electrons. The van der Waals surface area contributed by atoms with Crippen LogP contribution in [0.2, 0.25) is 0 Å². The molecule has 0 atom stereocenters. The number of carboxylic acid groups (broad SMARTS) is 1. The zero-order chi connectivity index (χ0) is 6.57. The third-order valence-corrected chi connectivity index (χ3v) is 0.746. The van der Waals surface area contributed by atoms with Gasteiger partial charge < -0.3 is 10.0 Å². The Labute approximate surface area is 46.7 Å². The fourth-order valence-corrected chi connectivity index (χ4v) is 0.222. The van der Waals surface area contributed by atoms with E-state index in [1.807, 2.05) is 0 Å². The van der Waals surface area contributed by atoms with E-state index < -0.39 is 12.8 Å². The molecule has 3 nitrogen and oxygen atoms in total. The molecule has 1 N–H and O–H groups in total. The Kier molecular flexibility index (Phi) is 2.91. The summed E-state index contributed by atoms with van der Waals surface area (Å²) in [4.78, 5) is 10.7. The Balaban J connectivity index is 3.32. The van der Waals surface area contributed by atoms with Crippen LogP contribution in [0.15, 0.2) is 0 Å². The highest BCUT2D eigenvalue weighted by Crippen LogP contribution is 1.81. The standard InChI is InChI=1S/C4H8FNO2/c1-6(3-2-5)4(7)8/h2-3H2,1H3,(H,7,8). The molecule has 0 heterocycles. The van der Waals surface area contributed by atoms with Gasteiger partial charge >= 0.3 is 6.09 Å². The Hall–Kier alpha value is -0.800. The van der Waals surface area contributed by atoms with Crippen molar-refractivity contribution in [2.24, 2.45) is 0 Å². The van der Waals surface area contributed by atoms with Crippen molar-refractivity contribution in [1.82, 2.24) is 4.90 Å². The van der Waals surface area contributed by atoms with Crippen molar-refractivity contribution in [3.8, 4) is 0 Å². The molecule has 0 fully saturated rings. The minimum absolute atomic E-state index is 0.0463. The van der Waals surface area contributed by atoms with Crippen molar-refractivity contribution >= 4 is 6.09 Å². The minimum atomic E-state index is -1.09. The largest absolute Gasteiger partial charge is 0.465 e. The topological polar surface area (TPSA) is 40.5 Å². The van der Waals surface area contributed by atoms with Crippen LogP contribution in [0, 0.1) is 0 Å². The first kappa shape index (κ1) is 7.20. The third-order valence-electron chi connectivity index (χ3n) is 0.746. The molecule has 0 aliphatic rings. The van der Waals surface area contributed by atoms with Crippen molar-refractivity contribution in [1.29, 1.82) is 0 Å². The number of alkyl halides is 1. The average Bonchev–Trinajstić information content (AvgIpc) is 1.67. The van der Waals surface area contributed by atoms with Gasteiger partial charge in [0.2, 0.25) is 0 Å². The maximum atomic E-state index is 11.3. The van der Waals surface area contributed by atoms with Gasteiger partial charge in [0.25, 0.3) is 0 Å². The van der Waals surface area contributed by atoms with Gasteiger partial charge in [0.15, 0.2) is 0 Å². The minimum Gasteiger partial charge on any atom is -0.465 e. The van der Waals surface area contributed by atoms with Gasteiger partial charge in [-0.25, -0.2) is 9.18 Å². The highest BCUT2D eigenvalue weighted by atomic mass is 19.1. The van der Waals surface area contributed by atoms with Crippen molar-refractivity contribution in [2.75, 3.05) is 20.3 Å². The third kappa shape index (κ3) is 2.39. The van der Waals surface area contributed by atoms with Crippen molar-refractivity contribution in [3.63, 3.8) is 0 Å². The Morgan fingerprint density at radius 3 is 2.50 bits per heavy atom. The highest BCUT2D eigenvalue weighted by molar-refractivity contribution is 5.64. The predicted molar refractivity (Wildman–Crippen MR) is 26.6 cm³/mol. The van der Waals surface area contributed by atoms with Gasteiger partial charge in [-0.05, 0) is 0 Å². The molecule has 0 aliphatic heterocycles. The summed E-state index contributed by atoms with van der Waals surface area (Å²) in [5, 5.41) is 8.07. The highest BCUT2D eigenvalue weighted by Gasteiger charge is 2.01. The van der Waals surface area contributed by atoms with Gasteiger partial charge in [-0.15, -0.1) is 0 Å². The Bertz CT molecular complexity index is 86.1. The van der Waals surface area contributed by atoms with E-state index in [0.29, 0.717) is 0 Å². The molecular weight excluding hydrogens is 113 g/mol. The van der Waals surface area contributed by atoms with Crippen LogP contribution in [0.4, 0.5) is 9.18 Å². The van der Waals surface area contributed by atoms with E-state index in [1.54, 1.807) is 0 Å². The van der Waals surface area contributed by atoms with Crippen LogP contribution in [0.1, 0.15) is 0 Å². The summed E-state index contributed by atoms with van der Waals surface area (Å²) in [7, 11) is 1.32. The van der Waals surface area contributed by atoms with E-state index in [9.17, 15) is 9.18 Å². The molecule has 0 aliphatic carbocycles. The molecule has 0 aromatic rings. The van der Waals surface area contributed by atoms with Crippen LogP contribution in [0.25, 0.3) is 0 Å². The van der Waals surface area contributed by atoms with Gasteiger partial charge in [0.1, 0.15) is 6.67 Å². The number of hydrogen-bond donors (Lipinski definition) is 1. The summed E-state index contributed by atoms with van der Waals surface area (Å²) in [5.41, 5.74) is 0. The number of halogens is 1. The molecule has 0 saturated heterocycles. The molecule has 0 saturated carbocycles. The van der Waals surface area contributed by atoms with Gasteiger partial charge in [0.05, 0.1) is 6.54 Å². The summed E-state index contributed by atoms with van der Waals surface area (Å²) < 4.78 is 11.3. The van der Waals surface area contributed by atoms with E-state index in [1.165, 1.54) is 7.05 Å². The van der Waals surface area contributed by atoms with Crippen LogP contribution in [0.5, 0.6) is 0 Å². The molecule has 8 heavy (non-hydrogen) atoms. The van der Waals surface area contributed by atoms with E-state index in [0.717, 1.165) is 4.90 Å². The summed E-state index contributed by atoms with van der Waals surface area (Å²) in [6.07, 6.45) is -1.09. The molecule has 0 bridgehead atoms. The van der Waals surface area contributed by atoms with Crippen molar-refractivity contribution in [2.45, 2.75) is 0 Å². The van der Waals surface area contributed by atoms with Gasteiger partial charge in [-0.1, -0.05) is 0 Å². The average molecular weight is 121 g/mol. The van der Waals surface area contributed by atoms with Crippen LogP contribution in [-0.2, 0) is 0 Å².